The molecule has 31 heavy (non-hydrogen) atoms. The van der Waals surface area contributed by atoms with Gasteiger partial charge in [-0.05, 0) is 63.0 Å². The van der Waals surface area contributed by atoms with E-state index in [1.807, 2.05) is 43.3 Å². The molecule has 164 valence electrons. The lowest BCUT2D eigenvalue weighted by molar-refractivity contribution is -0.139. The quantitative estimate of drug-likeness (QED) is 0.340. The molecular formula is C23H24BrClN2O4. The summed E-state index contributed by atoms with van der Waals surface area (Å²) in [5, 5.41) is 11.4. The Morgan fingerprint density at radius 1 is 1.19 bits per heavy atom. The van der Waals surface area contributed by atoms with E-state index in [0.717, 1.165) is 16.6 Å². The molecule has 0 aliphatic carbocycles. The van der Waals surface area contributed by atoms with Crippen molar-refractivity contribution in [1.82, 2.24) is 9.80 Å². The largest absolute Gasteiger partial charge is 0.507 e. The van der Waals surface area contributed by atoms with Crippen LogP contribution >= 0.6 is 27.5 Å². The van der Waals surface area contributed by atoms with Crippen LogP contribution in [0.25, 0.3) is 5.76 Å². The molecular weight excluding hydrogens is 484 g/mol. The molecule has 0 radical (unpaired) electrons. The van der Waals surface area contributed by atoms with Crippen LogP contribution < -0.4 is 4.74 Å². The lowest BCUT2D eigenvalue weighted by Crippen LogP contribution is -2.32. The molecule has 3 rings (SSSR count). The number of ketones is 1. The van der Waals surface area contributed by atoms with Gasteiger partial charge in [0.2, 0.25) is 0 Å². The monoisotopic (exact) mass is 506 g/mol. The number of amides is 1. The van der Waals surface area contributed by atoms with Crippen molar-refractivity contribution in [2.24, 2.45) is 0 Å². The first-order valence-corrected chi connectivity index (χ1v) is 10.9. The number of nitrogens with zero attached hydrogens (tertiary/aromatic N) is 2. The van der Waals surface area contributed by atoms with Gasteiger partial charge in [0, 0.05) is 16.6 Å². The number of Topliss-reactive ketones (excluding diaryl/α,β-unsaturated/α-hetero) is 1. The number of hydrogen-bond donors (Lipinski definition) is 1. The van der Waals surface area contributed by atoms with E-state index >= 15 is 0 Å². The average Bonchev–Trinajstić information content (AvgIpc) is 2.98. The molecule has 0 aromatic heterocycles. The third-order valence-corrected chi connectivity index (χ3v) is 5.98. The van der Waals surface area contributed by atoms with E-state index in [0.29, 0.717) is 29.3 Å². The summed E-state index contributed by atoms with van der Waals surface area (Å²) in [4.78, 5) is 29.5. The van der Waals surface area contributed by atoms with Crippen LogP contribution in [0.2, 0.25) is 5.02 Å². The third-order valence-electron chi connectivity index (χ3n) is 5.16. The van der Waals surface area contributed by atoms with E-state index in [4.69, 9.17) is 16.3 Å². The summed E-state index contributed by atoms with van der Waals surface area (Å²) in [6.07, 6.45) is 0.696. The summed E-state index contributed by atoms with van der Waals surface area (Å²) in [6, 6.07) is 11.4. The van der Waals surface area contributed by atoms with Crippen molar-refractivity contribution in [2.75, 3.05) is 34.3 Å². The number of hydrogen-bond acceptors (Lipinski definition) is 5. The van der Waals surface area contributed by atoms with Gasteiger partial charge >= 0.3 is 0 Å². The minimum atomic E-state index is -0.706. The van der Waals surface area contributed by atoms with Gasteiger partial charge in [0.1, 0.15) is 11.5 Å². The van der Waals surface area contributed by atoms with Crippen molar-refractivity contribution >= 4 is 45.0 Å². The zero-order valence-corrected chi connectivity index (χ0v) is 19.9. The number of rotatable bonds is 7. The number of benzene rings is 2. The van der Waals surface area contributed by atoms with Crippen molar-refractivity contribution in [3.8, 4) is 5.75 Å². The Kier molecular flexibility index (Phi) is 7.41. The summed E-state index contributed by atoms with van der Waals surface area (Å²) < 4.78 is 6.04. The molecule has 1 saturated heterocycles. The van der Waals surface area contributed by atoms with E-state index in [9.17, 15) is 14.7 Å². The molecule has 0 unspecified atom stereocenters. The predicted molar refractivity (Wildman–Crippen MR) is 124 cm³/mol. The van der Waals surface area contributed by atoms with Crippen LogP contribution in [0.15, 0.2) is 52.5 Å². The third kappa shape index (κ3) is 4.95. The van der Waals surface area contributed by atoms with E-state index in [1.54, 1.807) is 12.1 Å². The zero-order valence-electron chi connectivity index (χ0n) is 17.6. The average molecular weight is 508 g/mol. The number of ether oxygens (including phenoxy) is 1. The molecule has 1 heterocycles. The molecule has 6 nitrogen and oxygen atoms in total. The fourth-order valence-electron chi connectivity index (χ4n) is 3.63. The van der Waals surface area contributed by atoms with Crippen molar-refractivity contribution in [3.63, 3.8) is 0 Å². The normalized spacial score (nSPS) is 18.1. The van der Waals surface area contributed by atoms with Crippen molar-refractivity contribution in [3.05, 3.63) is 68.7 Å². The van der Waals surface area contributed by atoms with E-state index in [1.165, 1.54) is 18.1 Å². The summed E-state index contributed by atoms with van der Waals surface area (Å²) in [7, 11) is 5.40. The highest BCUT2D eigenvalue weighted by Crippen LogP contribution is 2.40. The van der Waals surface area contributed by atoms with Crippen LogP contribution in [-0.2, 0) is 9.59 Å². The Bertz CT molecular complexity index is 1020. The summed E-state index contributed by atoms with van der Waals surface area (Å²) in [5.74, 6) is -1.13. The molecule has 1 aliphatic heterocycles. The SMILES string of the molecule is COc1ccc(C(O)=C2C(=O)C(=O)N(CCCN(C)C)[C@H]2c2ccc(Br)cc2)cc1Cl. The Morgan fingerprint density at radius 3 is 2.45 bits per heavy atom. The fraction of sp³-hybridized carbons (Fsp3) is 0.304. The molecule has 1 aliphatic rings. The summed E-state index contributed by atoms with van der Waals surface area (Å²) in [6.45, 7) is 1.16. The fourth-order valence-corrected chi connectivity index (χ4v) is 4.15. The second kappa shape index (κ2) is 9.85. The van der Waals surface area contributed by atoms with Gasteiger partial charge in [0.25, 0.3) is 11.7 Å². The van der Waals surface area contributed by atoms with Crippen molar-refractivity contribution in [1.29, 1.82) is 0 Å². The Hall–Kier alpha value is -2.35. The second-order valence-electron chi connectivity index (χ2n) is 7.55. The highest BCUT2D eigenvalue weighted by atomic mass is 79.9. The maximum absolute atomic E-state index is 13.0. The molecule has 0 saturated carbocycles. The number of likely N-dealkylation sites (tertiary alicyclic amines) is 1. The molecule has 0 spiro atoms. The number of methoxy groups -OCH3 is 1. The molecule has 1 N–H and O–H groups in total. The number of halogens is 2. The Morgan fingerprint density at radius 2 is 1.87 bits per heavy atom. The van der Waals surface area contributed by atoms with Crippen LogP contribution in [0.3, 0.4) is 0 Å². The van der Waals surface area contributed by atoms with Crippen LogP contribution in [-0.4, -0.2) is 60.9 Å². The number of carbonyl (C=O) groups is 2. The number of carbonyl (C=O) groups excluding carboxylic acids is 2. The lowest BCUT2D eigenvalue weighted by Gasteiger charge is -2.26. The van der Waals surface area contributed by atoms with Crippen molar-refractivity contribution in [2.45, 2.75) is 12.5 Å². The van der Waals surface area contributed by atoms with Gasteiger partial charge in [0.15, 0.2) is 0 Å². The summed E-state index contributed by atoms with van der Waals surface area (Å²) >= 11 is 9.62. The van der Waals surface area contributed by atoms with Gasteiger partial charge in [-0.1, -0.05) is 39.7 Å². The first-order valence-electron chi connectivity index (χ1n) is 9.77. The topological polar surface area (TPSA) is 70.1 Å². The Labute approximate surface area is 195 Å². The molecule has 8 heteroatoms. The number of aliphatic hydroxyl groups excluding tert-OH is 1. The first kappa shape index (κ1) is 23.3. The number of aliphatic hydroxyl groups is 1. The first-order chi connectivity index (χ1) is 14.7. The van der Waals surface area contributed by atoms with Gasteiger partial charge in [-0.3, -0.25) is 9.59 Å². The maximum Gasteiger partial charge on any atom is 0.295 e. The van der Waals surface area contributed by atoms with E-state index in [2.05, 4.69) is 15.9 Å². The molecule has 2 aromatic carbocycles. The standard InChI is InChI=1S/C23H24BrClN2O4/c1-26(2)11-4-12-27-20(14-5-8-16(24)9-6-14)19(22(29)23(27)30)21(28)15-7-10-18(31-3)17(25)13-15/h5-10,13,20,28H,4,11-12H2,1-3H3/t20-/m0/s1. The van der Waals surface area contributed by atoms with Crippen molar-refractivity contribution < 1.29 is 19.4 Å². The smallest absolute Gasteiger partial charge is 0.295 e. The van der Waals surface area contributed by atoms with Crippen LogP contribution in [0.4, 0.5) is 0 Å². The predicted octanol–water partition coefficient (Wildman–Crippen LogP) is 4.48. The Balaban J connectivity index is 2.10. The highest BCUT2D eigenvalue weighted by Gasteiger charge is 2.45. The van der Waals surface area contributed by atoms with Gasteiger partial charge in [-0.2, -0.15) is 0 Å². The molecule has 1 fully saturated rings. The molecule has 0 bridgehead atoms. The van der Waals surface area contributed by atoms with Crippen LogP contribution in [0.5, 0.6) is 5.75 Å². The van der Waals surface area contributed by atoms with Crippen LogP contribution in [0.1, 0.15) is 23.6 Å². The molecule has 2 aromatic rings. The van der Waals surface area contributed by atoms with Gasteiger partial charge in [-0.25, -0.2) is 0 Å². The van der Waals surface area contributed by atoms with Gasteiger partial charge < -0.3 is 19.6 Å². The molecule has 1 atom stereocenters. The minimum Gasteiger partial charge on any atom is -0.507 e. The molecule has 1 amide bonds. The maximum atomic E-state index is 13.0. The van der Waals surface area contributed by atoms with Crippen LogP contribution in [0, 0.1) is 0 Å². The van der Waals surface area contributed by atoms with E-state index in [-0.39, 0.29) is 11.3 Å². The summed E-state index contributed by atoms with van der Waals surface area (Å²) in [5.41, 5.74) is 1.14. The highest BCUT2D eigenvalue weighted by molar-refractivity contribution is 9.10. The van der Waals surface area contributed by atoms with Gasteiger partial charge in [-0.15, -0.1) is 0 Å². The zero-order chi connectivity index (χ0) is 22.7. The minimum absolute atomic E-state index is 0.0541. The second-order valence-corrected chi connectivity index (χ2v) is 8.87. The van der Waals surface area contributed by atoms with E-state index < -0.39 is 17.7 Å². The lowest BCUT2D eigenvalue weighted by atomic mass is 9.95. The van der Waals surface area contributed by atoms with Gasteiger partial charge in [0.05, 0.1) is 23.7 Å².